The Labute approximate surface area is 132 Å². The summed E-state index contributed by atoms with van der Waals surface area (Å²) < 4.78 is 10.7. The van der Waals surface area contributed by atoms with Gasteiger partial charge in [0.15, 0.2) is 0 Å². The summed E-state index contributed by atoms with van der Waals surface area (Å²) in [4.78, 5) is 2.32. The summed E-state index contributed by atoms with van der Waals surface area (Å²) in [6, 6.07) is 16.4. The van der Waals surface area contributed by atoms with Crippen LogP contribution in [0.5, 0.6) is 11.5 Å². The van der Waals surface area contributed by atoms with Crippen LogP contribution in [0, 0.1) is 0 Å². The predicted octanol–water partition coefficient (Wildman–Crippen LogP) is 2.66. The summed E-state index contributed by atoms with van der Waals surface area (Å²) in [7, 11) is 3.33. The van der Waals surface area contributed by atoms with Crippen LogP contribution in [0.4, 0.5) is 0 Å². The second-order valence-electron chi connectivity index (χ2n) is 5.21. The highest BCUT2D eigenvalue weighted by Gasteiger charge is 2.09. The number of hydrogen-bond acceptors (Lipinski definition) is 4. The highest BCUT2D eigenvalue weighted by molar-refractivity contribution is 5.38. The fourth-order valence-electron chi connectivity index (χ4n) is 2.45. The van der Waals surface area contributed by atoms with Crippen LogP contribution in [0.3, 0.4) is 0 Å². The molecule has 0 aromatic heterocycles. The summed E-state index contributed by atoms with van der Waals surface area (Å²) in [6.07, 6.45) is 0. The predicted molar refractivity (Wildman–Crippen MR) is 89.2 cm³/mol. The lowest BCUT2D eigenvalue weighted by Crippen LogP contribution is -2.28. The van der Waals surface area contributed by atoms with E-state index in [1.54, 1.807) is 14.2 Å². The molecule has 2 aromatic carbocycles. The zero-order valence-electron chi connectivity index (χ0n) is 13.3. The first-order chi connectivity index (χ1) is 10.7. The molecule has 118 valence electrons. The molecule has 0 unspecified atom stereocenters. The third-order valence-corrected chi connectivity index (χ3v) is 3.51. The monoisotopic (exact) mass is 300 g/mol. The molecule has 4 nitrogen and oxygen atoms in total. The maximum Gasteiger partial charge on any atom is 0.122 e. The molecule has 0 aliphatic rings. The minimum Gasteiger partial charge on any atom is -0.497 e. The number of hydrogen-bond donors (Lipinski definition) is 1. The first kappa shape index (κ1) is 16.3. The molecule has 0 amide bonds. The Morgan fingerprint density at radius 2 is 1.45 bits per heavy atom. The van der Waals surface area contributed by atoms with Gasteiger partial charge in [0.2, 0.25) is 0 Å². The van der Waals surface area contributed by atoms with Crippen molar-refractivity contribution in [1.82, 2.24) is 4.90 Å². The van der Waals surface area contributed by atoms with Gasteiger partial charge in [-0.25, -0.2) is 0 Å². The van der Waals surface area contributed by atoms with Crippen molar-refractivity contribution < 1.29 is 9.47 Å². The van der Waals surface area contributed by atoms with Crippen LogP contribution in [0.1, 0.15) is 11.1 Å². The van der Waals surface area contributed by atoms with Gasteiger partial charge < -0.3 is 15.2 Å². The van der Waals surface area contributed by atoms with E-state index in [4.69, 9.17) is 15.2 Å². The molecule has 0 heterocycles. The Bertz CT molecular complexity index is 550. The molecule has 2 N–H and O–H groups in total. The molecule has 4 heteroatoms. The molecule has 0 aliphatic carbocycles. The van der Waals surface area contributed by atoms with Crippen molar-refractivity contribution in [1.29, 1.82) is 0 Å². The van der Waals surface area contributed by atoms with Gasteiger partial charge in [-0.15, -0.1) is 0 Å². The van der Waals surface area contributed by atoms with Gasteiger partial charge in [0.05, 0.1) is 14.2 Å². The third kappa shape index (κ3) is 4.76. The highest BCUT2D eigenvalue weighted by Crippen LogP contribution is 2.23. The maximum absolute atomic E-state index is 5.76. The Morgan fingerprint density at radius 1 is 0.864 bits per heavy atom. The van der Waals surface area contributed by atoms with Gasteiger partial charge in [-0.3, -0.25) is 4.90 Å². The van der Waals surface area contributed by atoms with E-state index in [1.807, 2.05) is 24.3 Å². The van der Waals surface area contributed by atoms with Crippen LogP contribution in [-0.4, -0.2) is 32.2 Å². The van der Waals surface area contributed by atoms with Crippen molar-refractivity contribution in [2.24, 2.45) is 5.73 Å². The van der Waals surface area contributed by atoms with E-state index in [1.165, 1.54) is 5.56 Å². The normalized spacial score (nSPS) is 10.7. The quantitative estimate of drug-likeness (QED) is 0.814. The lowest BCUT2D eigenvalue weighted by atomic mass is 10.1. The van der Waals surface area contributed by atoms with Crippen molar-refractivity contribution in [2.75, 3.05) is 27.3 Å². The average molecular weight is 300 g/mol. The van der Waals surface area contributed by atoms with Crippen LogP contribution in [0.15, 0.2) is 48.5 Å². The summed E-state index contributed by atoms with van der Waals surface area (Å²) in [5.41, 5.74) is 8.19. The molecule has 2 aromatic rings. The van der Waals surface area contributed by atoms with Gasteiger partial charge in [0.1, 0.15) is 11.5 Å². The molecule has 0 saturated carbocycles. The second kappa shape index (κ2) is 8.41. The Kier molecular flexibility index (Phi) is 6.25. The molecule has 0 radical (unpaired) electrons. The zero-order chi connectivity index (χ0) is 15.8. The van der Waals surface area contributed by atoms with Crippen molar-refractivity contribution in [3.05, 3.63) is 59.7 Å². The summed E-state index contributed by atoms with van der Waals surface area (Å²) in [5.74, 6) is 1.61. The molecule has 0 saturated heterocycles. The van der Waals surface area contributed by atoms with Gasteiger partial charge >= 0.3 is 0 Å². The molecule has 0 bridgehead atoms. The second-order valence-corrected chi connectivity index (χ2v) is 5.21. The van der Waals surface area contributed by atoms with Gasteiger partial charge in [0.25, 0.3) is 0 Å². The van der Waals surface area contributed by atoms with Crippen LogP contribution in [0.25, 0.3) is 0 Å². The molecule has 0 spiro atoms. The molecule has 0 atom stereocenters. The standard InChI is InChI=1S/C18H24N2O2/c1-21-17-10-16(11-18(12-17)22-2)14-20(9-8-19)13-15-6-4-3-5-7-15/h3-7,10-12H,8-9,13-14,19H2,1-2H3. The van der Waals surface area contributed by atoms with E-state index >= 15 is 0 Å². The Morgan fingerprint density at radius 3 is 2.00 bits per heavy atom. The number of nitrogens with two attached hydrogens (primary N) is 1. The minimum atomic E-state index is 0.633. The maximum atomic E-state index is 5.76. The molecule has 2 rings (SSSR count). The summed E-state index contributed by atoms with van der Waals surface area (Å²) in [6.45, 7) is 3.15. The SMILES string of the molecule is COc1cc(CN(CCN)Cc2ccccc2)cc(OC)c1. The largest absolute Gasteiger partial charge is 0.497 e. The van der Waals surface area contributed by atoms with Gasteiger partial charge in [-0.1, -0.05) is 30.3 Å². The van der Waals surface area contributed by atoms with E-state index in [2.05, 4.69) is 29.2 Å². The van der Waals surface area contributed by atoms with Crippen molar-refractivity contribution in [2.45, 2.75) is 13.1 Å². The fourth-order valence-corrected chi connectivity index (χ4v) is 2.45. The van der Waals surface area contributed by atoms with E-state index in [-0.39, 0.29) is 0 Å². The van der Waals surface area contributed by atoms with Gasteiger partial charge in [-0.05, 0) is 23.3 Å². The summed E-state index contributed by atoms with van der Waals surface area (Å²) >= 11 is 0. The van der Waals surface area contributed by atoms with E-state index in [9.17, 15) is 0 Å². The van der Waals surface area contributed by atoms with E-state index in [0.29, 0.717) is 6.54 Å². The Balaban J connectivity index is 2.13. The van der Waals surface area contributed by atoms with Crippen molar-refractivity contribution in [3.8, 4) is 11.5 Å². The summed E-state index contributed by atoms with van der Waals surface area (Å²) in [5, 5.41) is 0. The van der Waals surface area contributed by atoms with E-state index < -0.39 is 0 Å². The molecule has 22 heavy (non-hydrogen) atoms. The van der Waals surface area contributed by atoms with Crippen LogP contribution >= 0.6 is 0 Å². The zero-order valence-corrected chi connectivity index (χ0v) is 13.3. The fraction of sp³-hybridized carbons (Fsp3) is 0.333. The number of methoxy groups -OCH3 is 2. The molecule has 0 fully saturated rings. The Hall–Kier alpha value is -2.04. The average Bonchev–Trinajstić information content (AvgIpc) is 2.55. The first-order valence-electron chi connectivity index (χ1n) is 7.43. The first-order valence-corrected chi connectivity index (χ1v) is 7.43. The lowest BCUT2D eigenvalue weighted by Gasteiger charge is -2.22. The highest BCUT2D eigenvalue weighted by atomic mass is 16.5. The minimum absolute atomic E-state index is 0.633. The molecular weight excluding hydrogens is 276 g/mol. The van der Waals surface area contributed by atoms with Crippen molar-refractivity contribution in [3.63, 3.8) is 0 Å². The topological polar surface area (TPSA) is 47.7 Å². The number of benzene rings is 2. The van der Waals surface area contributed by atoms with E-state index in [0.717, 1.165) is 36.7 Å². The smallest absolute Gasteiger partial charge is 0.122 e. The molecule has 0 aliphatic heterocycles. The number of ether oxygens (including phenoxy) is 2. The third-order valence-electron chi connectivity index (χ3n) is 3.51. The van der Waals surface area contributed by atoms with Gasteiger partial charge in [-0.2, -0.15) is 0 Å². The van der Waals surface area contributed by atoms with Crippen LogP contribution in [-0.2, 0) is 13.1 Å². The van der Waals surface area contributed by atoms with Crippen LogP contribution in [0.2, 0.25) is 0 Å². The molecular formula is C18H24N2O2. The van der Waals surface area contributed by atoms with Crippen molar-refractivity contribution >= 4 is 0 Å². The van der Waals surface area contributed by atoms with Crippen LogP contribution < -0.4 is 15.2 Å². The van der Waals surface area contributed by atoms with Gasteiger partial charge in [0, 0.05) is 32.2 Å². The number of rotatable bonds is 8. The number of nitrogens with zero attached hydrogens (tertiary/aromatic N) is 1. The lowest BCUT2D eigenvalue weighted by molar-refractivity contribution is 0.263.